The normalized spacial score (nSPS) is 11.6. The van der Waals surface area contributed by atoms with Crippen molar-refractivity contribution < 1.29 is 4.74 Å². The molecule has 0 bridgehead atoms. The smallest absolute Gasteiger partial charge is 0.186 e. The summed E-state index contributed by atoms with van der Waals surface area (Å²) in [5.41, 5.74) is 6.75. The van der Waals surface area contributed by atoms with E-state index in [-0.39, 0.29) is 0 Å². The van der Waals surface area contributed by atoms with Crippen LogP contribution in [0, 0.1) is 5.92 Å². The van der Waals surface area contributed by atoms with Gasteiger partial charge in [0, 0.05) is 31.1 Å². The van der Waals surface area contributed by atoms with Crippen molar-refractivity contribution in [1.29, 1.82) is 0 Å². The van der Waals surface area contributed by atoms with Crippen molar-refractivity contribution in [3.8, 4) is 0 Å². The number of hydrogen-bond donors (Lipinski definition) is 1. The lowest BCUT2D eigenvalue weighted by atomic mass is 10.2. The predicted octanol–water partition coefficient (Wildman–Crippen LogP) is 2.62. The summed E-state index contributed by atoms with van der Waals surface area (Å²) in [4.78, 5) is 8.15. The summed E-state index contributed by atoms with van der Waals surface area (Å²) >= 11 is 1.69. The third kappa shape index (κ3) is 3.93. The summed E-state index contributed by atoms with van der Waals surface area (Å²) in [6, 6.07) is 0.444. The van der Waals surface area contributed by atoms with Gasteiger partial charge in [-0.25, -0.2) is 4.98 Å². The molecule has 0 saturated carbocycles. The summed E-state index contributed by atoms with van der Waals surface area (Å²) in [6.45, 7) is 10.9. The maximum atomic E-state index is 5.77. The Morgan fingerprint density at radius 3 is 2.44 bits per heavy atom. The molecule has 0 fully saturated rings. The van der Waals surface area contributed by atoms with Gasteiger partial charge in [-0.1, -0.05) is 13.8 Å². The Morgan fingerprint density at radius 1 is 1.33 bits per heavy atom. The number of nitrogens with zero attached hydrogens (tertiary/aromatic N) is 2. The molecular weight excluding hydrogens is 246 g/mol. The number of rotatable bonds is 7. The van der Waals surface area contributed by atoms with Gasteiger partial charge >= 0.3 is 0 Å². The molecule has 2 N–H and O–H groups in total. The minimum atomic E-state index is 0.444. The van der Waals surface area contributed by atoms with Crippen LogP contribution in [0.25, 0.3) is 0 Å². The molecule has 0 atom stereocenters. The van der Waals surface area contributed by atoms with Crippen LogP contribution in [0.2, 0.25) is 0 Å². The van der Waals surface area contributed by atoms with Crippen molar-refractivity contribution >= 4 is 16.5 Å². The van der Waals surface area contributed by atoms with Crippen LogP contribution in [0.3, 0.4) is 0 Å². The molecule has 104 valence electrons. The molecular formula is C13H25N3OS. The van der Waals surface area contributed by atoms with E-state index in [2.05, 4.69) is 37.6 Å². The number of anilines is 1. The Morgan fingerprint density at radius 2 is 2.00 bits per heavy atom. The highest BCUT2D eigenvalue weighted by atomic mass is 32.1. The molecule has 0 spiro atoms. The molecule has 1 rings (SSSR count). The van der Waals surface area contributed by atoms with Crippen molar-refractivity contribution in [1.82, 2.24) is 4.98 Å². The largest absolute Gasteiger partial charge is 0.378 e. The molecule has 0 aliphatic heterocycles. The quantitative estimate of drug-likeness (QED) is 0.828. The highest BCUT2D eigenvalue weighted by Crippen LogP contribution is 2.28. The second kappa shape index (κ2) is 7.07. The Balaban J connectivity index is 2.97. The SMILES string of the molecule is COCc1nc(N(CC(C)C)C(C)C)sc1CN. The van der Waals surface area contributed by atoms with Crippen LogP contribution in [0.15, 0.2) is 0 Å². The van der Waals surface area contributed by atoms with Crippen molar-refractivity contribution in [3.63, 3.8) is 0 Å². The van der Waals surface area contributed by atoms with Gasteiger partial charge in [0.15, 0.2) is 5.13 Å². The van der Waals surface area contributed by atoms with Gasteiger partial charge in [0.05, 0.1) is 12.3 Å². The van der Waals surface area contributed by atoms with Gasteiger partial charge in [-0.3, -0.25) is 0 Å². The minimum Gasteiger partial charge on any atom is -0.378 e. The molecule has 0 unspecified atom stereocenters. The van der Waals surface area contributed by atoms with E-state index in [1.165, 1.54) is 0 Å². The maximum Gasteiger partial charge on any atom is 0.186 e. The number of methoxy groups -OCH3 is 1. The molecule has 0 aliphatic carbocycles. The zero-order valence-corrected chi connectivity index (χ0v) is 12.9. The summed E-state index contributed by atoms with van der Waals surface area (Å²) < 4.78 is 5.18. The van der Waals surface area contributed by atoms with Crippen molar-refractivity contribution in [2.24, 2.45) is 11.7 Å². The first-order valence-electron chi connectivity index (χ1n) is 6.43. The van der Waals surface area contributed by atoms with Gasteiger partial charge in [-0.05, 0) is 19.8 Å². The van der Waals surface area contributed by atoms with E-state index in [9.17, 15) is 0 Å². The second-order valence-corrected chi connectivity index (χ2v) is 6.21. The molecule has 0 aromatic carbocycles. The zero-order chi connectivity index (χ0) is 13.7. The molecule has 0 amide bonds. The zero-order valence-electron chi connectivity index (χ0n) is 12.1. The van der Waals surface area contributed by atoms with Crippen molar-refractivity contribution in [3.05, 3.63) is 10.6 Å². The van der Waals surface area contributed by atoms with Crippen molar-refractivity contribution in [2.75, 3.05) is 18.6 Å². The van der Waals surface area contributed by atoms with E-state index in [0.717, 1.165) is 22.2 Å². The lowest BCUT2D eigenvalue weighted by Crippen LogP contribution is -2.34. The monoisotopic (exact) mass is 271 g/mol. The average Bonchev–Trinajstić information content (AvgIpc) is 2.69. The van der Waals surface area contributed by atoms with E-state index in [4.69, 9.17) is 10.5 Å². The van der Waals surface area contributed by atoms with Gasteiger partial charge in [-0.15, -0.1) is 11.3 Å². The standard InChI is InChI=1S/C13H25N3OS/c1-9(2)7-16(10(3)4)13-15-11(8-17-5)12(6-14)18-13/h9-10H,6-8,14H2,1-5H3. The van der Waals surface area contributed by atoms with E-state index in [0.29, 0.717) is 25.1 Å². The third-order valence-electron chi connectivity index (χ3n) is 2.66. The molecule has 5 heteroatoms. The fraction of sp³-hybridized carbons (Fsp3) is 0.769. The Bertz CT molecular complexity index is 363. The fourth-order valence-electron chi connectivity index (χ4n) is 1.80. The highest BCUT2D eigenvalue weighted by Gasteiger charge is 2.18. The lowest BCUT2D eigenvalue weighted by molar-refractivity contribution is 0.181. The molecule has 0 aliphatic rings. The van der Waals surface area contributed by atoms with Crippen LogP contribution >= 0.6 is 11.3 Å². The van der Waals surface area contributed by atoms with Gasteiger partial charge in [0.1, 0.15) is 0 Å². The Hall–Kier alpha value is -0.650. The number of aromatic nitrogens is 1. The second-order valence-electron chi connectivity index (χ2n) is 5.14. The van der Waals surface area contributed by atoms with Crippen LogP contribution < -0.4 is 10.6 Å². The first-order chi connectivity index (χ1) is 8.49. The summed E-state index contributed by atoms with van der Waals surface area (Å²) in [5, 5.41) is 1.06. The van der Waals surface area contributed by atoms with Crippen LogP contribution in [-0.2, 0) is 17.9 Å². The van der Waals surface area contributed by atoms with Gasteiger partial charge in [0.2, 0.25) is 0 Å². The number of nitrogens with two attached hydrogens (primary N) is 1. The van der Waals surface area contributed by atoms with E-state index < -0.39 is 0 Å². The van der Waals surface area contributed by atoms with Crippen LogP contribution in [0.5, 0.6) is 0 Å². The summed E-state index contributed by atoms with van der Waals surface area (Å²) in [7, 11) is 1.69. The topological polar surface area (TPSA) is 51.4 Å². The minimum absolute atomic E-state index is 0.444. The lowest BCUT2D eigenvalue weighted by Gasteiger charge is -2.27. The van der Waals surface area contributed by atoms with Gasteiger partial charge in [0.25, 0.3) is 0 Å². The van der Waals surface area contributed by atoms with E-state index >= 15 is 0 Å². The Labute approximate surface area is 114 Å². The molecule has 0 saturated heterocycles. The highest BCUT2D eigenvalue weighted by molar-refractivity contribution is 7.15. The molecule has 4 nitrogen and oxygen atoms in total. The van der Waals surface area contributed by atoms with Crippen LogP contribution in [0.4, 0.5) is 5.13 Å². The molecule has 18 heavy (non-hydrogen) atoms. The summed E-state index contributed by atoms with van der Waals surface area (Å²) in [6.07, 6.45) is 0. The van der Waals surface area contributed by atoms with E-state index in [1.54, 1.807) is 18.4 Å². The third-order valence-corrected chi connectivity index (χ3v) is 3.82. The maximum absolute atomic E-state index is 5.77. The van der Waals surface area contributed by atoms with Crippen molar-refractivity contribution in [2.45, 2.75) is 46.9 Å². The first-order valence-corrected chi connectivity index (χ1v) is 7.25. The molecule has 1 aromatic heterocycles. The Kier molecular flexibility index (Phi) is 6.05. The number of thiazole rings is 1. The first kappa shape index (κ1) is 15.4. The predicted molar refractivity (Wildman–Crippen MR) is 78.0 cm³/mol. The van der Waals surface area contributed by atoms with Gasteiger partial charge in [-0.2, -0.15) is 0 Å². The fourth-order valence-corrected chi connectivity index (χ4v) is 2.89. The van der Waals surface area contributed by atoms with Crippen LogP contribution in [0.1, 0.15) is 38.3 Å². The molecule has 1 aromatic rings. The summed E-state index contributed by atoms with van der Waals surface area (Å²) in [5.74, 6) is 0.614. The average molecular weight is 271 g/mol. The number of hydrogen-bond acceptors (Lipinski definition) is 5. The number of ether oxygens (including phenoxy) is 1. The molecule has 1 heterocycles. The molecule has 0 radical (unpaired) electrons. The van der Waals surface area contributed by atoms with Gasteiger partial charge < -0.3 is 15.4 Å². The van der Waals surface area contributed by atoms with E-state index in [1.807, 2.05) is 0 Å². The van der Waals surface area contributed by atoms with Crippen LogP contribution in [-0.4, -0.2) is 24.7 Å².